The summed E-state index contributed by atoms with van der Waals surface area (Å²) in [4.78, 5) is 23.7. The van der Waals surface area contributed by atoms with Gasteiger partial charge in [0.25, 0.3) is 0 Å². The lowest BCUT2D eigenvalue weighted by Gasteiger charge is -2.33. The fourth-order valence-corrected chi connectivity index (χ4v) is 6.14. The van der Waals surface area contributed by atoms with Gasteiger partial charge >= 0.3 is 0 Å². The van der Waals surface area contributed by atoms with Crippen LogP contribution in [0.4, 0.5) is 4.39 Å². The Bertz CT molecular complexity index is 1750. The van der Waals surface area contributed by atoms with Crippen LogP contribution in [0.3, 0.4) is 0 Å². The number of piperidine rings is 1. The number of amides is 1. The van der Waals surface area contributed by atoms with E-state index in [2.05, 4.69) is 35.2 Å². The molecule has 0 bridgehead atoms. The van der Waals surface area contributed by atoms with Crippen molar-refractivity contribution in [1.82, 2.24) is 34.5 Å². The summed E-state index contributed by atoms with van der Waals surface area (Å²) in [6.45, 7) is 5.12. The highest BCUT2D eigenvalue weighted by Crippen LogP contribution is 2.36. The molecule has 4 heterocycles. The molecule has 1 unspecified atom stereocenters. The van der Waals surface area contributed by atoms with E-state index in [4.69, 9.17) is 9.97 Å². The second-order valence-electron chi connectivity index (χ2n) is 10.7. The van der Waals surface area contributed by atoms with Gasteiger partial charge in [-0.1, -0.05) is 24.8 Å². The van der Waals surface area contributed by atoms with E-state index in [1.54, 1.807) is 16.9 Å². The molecule has 1 atom stereocenters. The molecule has 0 spiro atoms. The Morgan fingerprint density at radius 3 is 2.68 bits per heavy atom. The molecule has 9 heteroatoms. The molecule has 1 fully saturated rings. The van der Waals surface area contributed by atoms with E-state index < -0.39 is 0 Å². The quantitative estimate of drug-likeness (QED) is 0.297. The van der Waals surface area contributed by atoms with Gasteiger partial charge in [0.05, 0.1) is 0 Å². The molecule has 1 amide bonds. The first-order valence-corrected chi connectivity index (χ1v) is 14.0. The maximum absolute atomic E-state index is 14.3. The zero-order chi connectivity index (χ0) is 27.9. The van der Waals surface area contributed by atoms with Gasteiger partial charge in [-0.25, -0.2) is 19.0 Å². The van der Waals surface area contributed by atoms with Crippen molar-refractivity contribution >= 4 is 17.1 Å². The van der Waals surface area contributed by atoms with Gasteiger partial charge in [-0.05, 0) is 85.4 Å². The van der Waals surface area contributed by atoms with Crippen LogP contribution >= 0.6 is 0 Å². The number of likely N-dealkylation sites (tertiary alicyclic amines) is 1. The summed E-state index contributed by atoms with van der Waals surface area (Å²) < 4.78 is 18.0. The minimum absolute atomic E-state index is 0.0121. The van der Waals surface area contributed by atoms with E-state index >= 15 is 0 Å². The number of pyridine rings is 1. The molecule has 0 saturated carbocycles. The Morgan fingerprint density at radius 1 is 1.02 bits per heavy atom. The monoisotopic (exact) mass is 547 g/mol. The van der Waals surface area contributed by atoms with Crippen LogP contribution in [0.15, 0.2) is 85.7 Å². The van der Waals surface area contributed by atoms with Gasteiger partial charge < -0.3 is 10.2 Å². The molecule has 3 aromatic heterocycles. The Morgan fingerprint density at radius 2 is 1.90 bits per heavy atom. The van der Waals surface area contributed by atoms with Crippen LogP contribution < -0.4 is 5.32 Å². The summed E-state index contributed by atoms with van der Waals surface area (Å²) in [5.74, 6) is 1.02. The van der Waals surface area contributed by atoms with Crippen LogP contribution in [0.25, 0.3) is 34.1 Å². The molecule has 1 saturated heterocycles. The number of carbonyl (C=O) groups excluding carboxylic acids is 1. The Hall–Kier alpha value is -4.63. The molecule has 41 heavy (non-hydrogen) atoms. The molecule has 1 aliphatic heterocycles. The number of halogens is 1. The number of rotatable bonds is 6. The van der Waals surface area contributed by atoms with Gasteiger partial charge in [-0.15, -0.1) is 0 Å². The Labute approximate surface area is 237 Å². The summed E-state index contributed by atoms with van der Waals surface area (Å²) in [7, 11) is 0. The predicted octanol–water partition coefficient (Wildman–Crippen LogP) is 5.17. The van der Waals surface area contributed by atoms with E-state index in [0.29, 0.717) is 28.9 Å². The number of carbonyl (C=O) groups is 1. The molecule has 2 aliphatic rings. The number of hydrogen-bond acceptors (Lipinski definition) is 5. The maximum atomic E-state index is 14.3. The number of nitrogens with zero attached hydrogens (tertiary/aromatic N) is 6. The highest BCUT2D eigenvalue weighted by molar-refractivity contribution is 5.87. The number of imidazole rings is 1. The number of hydrogen-bond donors (Lipinski definition) is 1. The standard InChI is InChI=1S/C32H30FN7O/c1-2-30(41)38-17-13-24(14-18-38)35-27-10-7-21-20-25(8-9-26(21)27)40-31(22-5-3-6-23(33)19-22)36-28-11-12-29(37-32(28)40)39-16-4-15-34-39/h2-6,8-9,11-12,15-16,19-20,24,27,35H,1,7,10,13-14,17-18H2. The normalized spacial score (nSPS) is 17.2. The van der Waals surface area contributed by atoms with Gasteiger partial charge in [0, 0.05) is 48.8 Å². The maximum Gasteiger partial charge on any atom is 0.245 e. The predicted molar refractivity (Wildman–Crippen MR) is 155 cm³/mol. The largest absolute Gasteiger partial charge is 0.339 e. The SMILES string of the molecule is C=CC(=O)N1CCC(NC2CCc3cc(-n4c(-c5cccc(F)c5)nc5ccc(-n6cccn6)nc54)ccc32)CC1. The third kappa shape index (κ3) is 4.72. The zero-order valence-corrected chi connectivity index (χ0v) is 22.6. The van der Waals surface area contributed by atoms with Gasteiger partial charge in [0.1, 0.15) is 17.2 Å². The van der Waals surface area contributed by atoms with E-state index in [1.165, 1.54) is 29.3 Å². The highest BCUT2D eigenvalue weighted by atomic mass is 19.1. The average molecular weight is 548 g/mol. The molecule has 7 rings (SSSR count). The van der Waals surface area contributed by atoms with Gasteiger partial charge in [-0.3, -0.25) is 9.36 Å². The van der Waals surface area contributed by atoms with Crippen LogP contribution in [0, 0.1) is 5.82 Å². The van der Waals surface area contributed by atoms with E-state index in [-0.39, 0.29) is 17.8 Å². The van der Waals surface area contributed by atoms with Gasteiger partial charge in [-0.2, -0.15) is 5.10 Å². The minimum atomic E-state index is -0.311. The molecule has 0 radical (unpaired) electrons. The average Bonchev–Trinajstić information content (AvgIpc) is 3.76. The third-order valence-electron chi connectivity index (χ3n) is 8.19. The first kappa shape index (κ1) is 25.3. The number of nitrogens with one attached hydrogen (secondary N) is 1. The first-order valence-electron chi connectivity index (χ1n) is 14.0. The molecule has 206 valence electrons. The first-order chi connectivity index (χ1) is 20.1. The van der Waals surface area contributed by atoms with Gasteiger partial charge in [0.2, 0.25) is 5.91 Å². The summed E-state index contributed by atoms with van der Waals surface area (Å²) in [6.07, 6.45) is 8.83. The highest BCUT2D eigenvalue weighted by Gasteiger charge is 2.28. The number of benzene rings is 2. The molecule has 5 aromatic rings. The lowest BCUT2D eigenvalue weighted by atomic mass is 10.0. The van der Waals surface area contributed by atoms with Crippen molar-refractivity contribution < 1.29 is 9.18 Å². The van der Waals surface area contributed by atoms with Crippen molar-refractivity contribution in [3.05, 3.63) is 103 Å². The molecule has 2 aromatic carbocycles. The summed E-state index contributed by atoms with van der Waals surface area (Å²) >= 11 is 0. The lowest BCUT2D eigenvalue weighted by molar-refractivity contribution is -0.127. The second kappa shape index (κ2) is 10.4. The molecule has 1 aliphatic carbocycles. The Kier molecular flexibility index (Phi) is 6.43. The summed E-state index contributed by atoms with van der Waals surface area (Å²) in [6, 6.07) is 19.4. The second-order valence-corrected chi connectivity index (χ2v) is 10.7. The number of fused-ring (bicyclic) bond motifs is 2. The number of aryl methyl sites for hydroxylation is 1. The topological polar surface area (TPSA) is 80.9 Å². The summed E-state index contributed by atoms with van der Waals surface area (Å²) in [5.41, 5.74) is 5.62. The zero-order valence-electron chi connectivity index (χ0n) is 22.6. The smallest absolute Gasteiger partial charge is 0.245 e. The van der Waals surface area contributed by atoms with Crippen LogP contribution in [0.5, 0.6) is 0 Å². The summed E-state index contributed by atoms with van der Waals surface area (Å²) in [5, 5.41) is 8.19. The lowest BCUT2D eigenvalue weighted by Crippen LogP contribution is -2.45. The van der Waals surface area contributed by atoms with Crippen molar-refractivity contribution in [2.75, 3.05) is 13.1 Å². The third-order valence-corrected chi connectivity index (χ3v) is 8.19. The fourth-order valence-electron chi connectivity index (χ4n) is 6.14. The van der Waals surface area contributed by atoms with Crippen LogP contribution in [-0.2, 0) is 11.2 Å². The van der Waals surface area contributed by atoms with E-state index in [1.807, 2.05) is 39.9 Å². The van der Waals surface area contributed by atoms with Crippen molar-refractivity contribution in [2.45, 2.75) is 37.8 Å². The number of aromatic nitrogens is 5. The fraction of sp³-hybridized carbons (Fsp3) is 0.250. The molecule has 8 nitrogen and oxygen atoms in total. The van der Waals surface area contributed by atoms with Crippen LogP contribution in [0.1, 0.15) is 36.4 Å². The van der Waals surface area contributed by atoms with Gasteiger partial charge in [0.15, 0.2) is 11.5 Å². The molecule has 1 N–H and O–H groups in total. The van der Waals surface area contributed by atoms with Crippen LogP contribution in [0.2, 0.25) is 0 Å². The molecular weight excluding hydrogens is 517 g/mol. The van der Waals surface area contributed by atoms with E-state index in [0.717, 1.165) is 50.0 Å². The van der Waals surface area contributed by atoms with E-state index in [9.17, 15) is 9.18 Å². The van der Waals surface area contributed by atoms with Crippen molar-refractivity contribution in [3.8, 4) is 22.9 Å². The van der Waals surface area contributed by atoms with Crippen molar-refractivity contribution in [1.29, 1.82) is 0 Å². The van der Waals surface area contributed by atoms with Crippen molar-refractivity contribution in [2.24, 2.45) is 0 Å². The molecular formula is C32H30FN7O. The Balaban J connectivity index is 1.23. The van der Waals surface area contributed by atoms with Crippen LogP contribution in [-0.4, -0.2) is 54.3 Å². The minimum Gasteiger partial charge on any atom is -0.339 e. The van der Waals surface area contributed by atoms with Crippen molar-refractivity contribution in [3.63, 3.8) is 0 Å².